The molecule has 0 atom stereocenters. The van der Waals surface area contributed by atoms with Crippen molar-refractivity contribution in [2.45, 2.75) is 18.3 Å². The van der Waals surface area contributed by atoms with Gasteiger partial charge in [0.2, 0.25) is 5.16 Å². The summed E-state index contributed by atoms with van der Waals surface area (Å²) in [7, 11) is 0. The van der Waals surface area contributed by atoms with Gasteiger partial charge >= 0.3 is 0 Å². The van der Waals surface area contributed by atoms with Gasteiger partial charge in [-0.15, -0.1) is 17.5 Å². The number of tetrazole rings is 1. The lowest BCUT2D eigenvalue weighted by molar-refractivity contribution is 0.303. The zero-order valence-electron chi connectivity index (χ0n) is 19.4. The molecule has 1 N–H and O–H groups in total. The number of fused-ring (bicyclic) bond motifs is 1. The molecule has 0 spiro atoms. The molecule has 0 saturated heterocycles. The van der Waals surface area contributed by atoms with Crippen molar-refractivity contribution in [2.24, 2.45) is 0 Å². The molecule has 0 aliphatic heterocycles. The Morgan fingerprint density at radius 3 is 2.50 bits per heavy atom. The van der Waals surface area contributed by atoms with E-state index < -0.39 is 0 Å². The van der Waals surface area contributed by atoms with E-state index in [1.807, 2.05) is 54.6 Å². The van der Waals surface area contributed by atoms with E-state index in [9.17, 15) is 0 Å². The number of hydrogen-bond donors (Lipinski definition) is 1. The summed E-state index contributed by atoms with van der Waals surface area (Å²) in [5.41, 5.74) is 3.18. The van der Waals surface area contributed by atoms with Crippen molar-refractivity contribution < 1.29 is 4.74 Å². The van der Waals surface area contributed by atoms with Crippen LogP contribution >= 0.6 is 35.8 Å². The quantitative estimate of drug-likeness (QED) is 0.165. The molecule has 0 bridgehead atoms. The Labute approximate surface area is 225 Å². The third kappa shape index (κ3) is 6.36. The average Bonchev–Trinajstić information content (AvgIpc) is 3.38. The maximum absolute atomic E-state index is 6.23. The van der Waals surface area contributed by atoms with Crippen molar-refractivity contribution >= 4 is 46.5 Å². The van der Waals surface area contributed by atoms with E-state index in [2.05, 4.69) is 57.2 Å². The average molecular weight is 539 g/mol. The number of nitrogens with one attached hydrogen (secondary N) is 1. The molecule has 5 rings (SSSR count). The molecule has 1 aromatic heterocycles. The number of benzene rings is 4. The number of nitrogens with zero attached hydrogens (tertiary/aromatic N) is 4. The molecule has 0 aliphatic rings. The number of ether oxygens (including phenoxy) is 1. The Hall–Kier alpha value is -3.10. The first-order valence-corrected chi connectivity index (χ1v) is 12.7. The molecular weight excluding hydrogens is 513 g/mol. The summed E-state index contributed by atoms with van der Waals surface area (Å²) in [5, 5.41) is 19.6. The molecule has 6 nitrogen and oxygen atoms in total. The van der Waals surface area contributed by atoms with E-state index in [0.29, 0.717) is 13.2 Å². The van der Waals surface area contributed by atoms with Crippen LogP contribution in [0.25, 0.3) is 16.5 Å². The Kier molecular flexibility index (Phi) is 9.19. The maximum Gasteiger partial charge on any atom is 0.214 e. The topological polar surface area (TPSA) is 64.9 Å². The van der Waals surface area contributed by atoms with Crippen LogP contribution in [0.3, 0.4) is 0 Å². The Morgan fingerprint density at radius 2 is 1.67 bits per heavy atom. The Balaban J connectivity index is 0.00000304. The zero-order valence-corrected chi connectivity index (χ0v) is 21.8. The van der Waals surface area contributed by atoms with Gasteiger partial charge < -0.3 is 10.1 Å². The molecule has 0 saturated carbocycles. The van der Waals surface area contributed by atoms with Crippen LogP contribution < -0.4 is 10.1 Å². The number of thioether (sulfide) groups is 1. The number of halogens is 2. The van der Waals surface area contributed by atoms with Gasteiger partial charge in [-0.25, -0.2) is 0 Å². The maximum atomic E-state index is 6.23. The number of hydrogen-bond acceptors (Lipinski definition) is 6. The lowest BCUT2D eigenvalue weighted by Gasteiger charge is -2.15. The highest BCUT2D eigenvalue weighted by atomic mass is 35.5. The Morgan fingerprint density at radius 1 is 0.889 bits per heavy atom. The van der Waals surface area contributed by atoms with Crippen LogP contribution in [-0.4, -0.2) is 32.5 Å². The second kappa shape index (κ2) is 12.7. The van der Waals surface area contributed by atoms with E-state index in [0.717, 1.165) is 45.0 Å². The first-order chi connectivity index (χ1) is 17.3. The van der Waals surface area contributed by atoms with Gasteiger partial charge in [-0.05, 0) is 57.1 Å². The van der Waals surface area contributed by atoms with Gasteiger partial charge in [-0.1, -0.05) is 84.0 Å². The summed E-state index contributed by atoms with van der Waals surface area (Å²) in [4.78, 5) is 0. The summed E-state index contributed by atoms with van der Waals surface area (Å²) in [6.45, 7) is 1.98. The molecule has 0 radical (unpaired) electrons. The van der Waals surface area contributed by atoms with Gasteiger partial charge in [0.15, 0.2) is 0 Å². The first-order valence-electron chi connectivity index (χ1n) is 11.3. The minimum absolute atomic E-state index is 0. The van der Waals surface area contributed by atoms with E-state index in [-0.39, 0.29) is 12.4 Å². The first kappa shape index (κ1) is 26.0. The minimum Gasteiger partial charge on any atom is -0.489 e. The molecule has 0 unspecified atom stereocenters. The van der Waals surface area contributed by atoms with Crippen LogP contribution in [0.4, 0.5) is 0 Å². The molecule has 36 heavy (non-hydrogen) atoms. The number of rotatable bonds is 10. The standard InChI is InChI=1S/C27H24ClN5OS.ClH/c28-22-13-10-20(11-14-22)19-34-26-15-12-21-6-4-5-9-24(21)25(26)18-29-16-17-35-27-30-31-32-33(27)23-7-2-1-3-8-23;/h1-15,29H,16-19H2;1H. The largest absolute Gasteiger partial charge is 0.489 e. The van der Waals surface area contributed by atoms with E-state index in [1.54, 1.807) is 16.4 Å². The lowest BCUT2D eigenvalue weighted by atomic mass is 10.0. The van der Waals surface area contributed by atoms with Crippen molar-refractivity contribution in [3.63, 3.8) is 0 Å². The van der Waals surface area contributed by atoms with Gasteiger partial charge in [0.1, 0.15) is 12.4 Å². The molecule has 0 amide bonds. The van der Waals surface area contributed by atoms with Crippen LogP contribution in [0.1, 0.15) is 11.1 Å². The molecule has 1 heterocycles. The fourth-order valence-corrected chi connectivity index (χ4v) is 4.72. The van der Waals surface area contributed by atoms with Crippen molar-refractivity contribution in [3.05, 3.63) is 107 Å². The summed E-state index contributed by atoms with van der Waals surface area (Å²) >= 11 is 7.63. The monoisotopic (exact) mass is 537 g/mol. The molecule has 4 aromatic carbocycles. The third-order valence-electron chi connectivity index (χ3n) is 5.56. The van der Waals surface area contributed by atoms with E-state index in [4.69, 9.17) is 16.3 Å². The van der Waals surface area contributed by atoms with Crippen molar-refractivity contribution in [3.8, 4) is 11.4 Å². The molecule has 0 fully saturated rings. The van der Waals surface area contributed by atoms with Crippen LogP contribution in [0.15, 0.2) is 96.2 Å². The normalized spacial score (nSPS) is 10.8. The summed E-state index contributed by atoms with van der Waals surface area (Å²) in [6, 6.07) is 30.2. The van der Waals surface area contributed by atoms with Gasteiger partial charge in [-0.3, -0.25) is 0 Å². The second-order valence-electron chi connectivity index (χ2n) is 7.91. The second-order valence-corrected chi connectivity index (χ2v) is 9.41. The predicted molar refractivity (Wildman–Crippen MR) is 149 cm³/mol. The molecule has 0 aliphatic carbocycles. The molecule has 9 heteroatoms. The van der Waals surface area contributed by atoms with Gasteiger partial charge in [0.05, 0.1) is 5.69 Å². The predicted octanol–water partition coefficient (Wildman–Crippen LogP) is 6.35. The summed E-state index contributed by atoms with van der Waals surface area (Å²) in [5.74, 6) is 1.71. The van der Waals surface area contributed by atoms with E-state index >= 15 is 0 Å². The van der Waals surface area contributed by atoms with Crippen LogP contribution in [0, 0.1) is 0 Å². The van der Waals surface area contributed by atoms with E-state index in [1.165, 1.54) is 10.8 Å². The number of para-hydroxylation sites is 1. The van der Waals surface area contributed by atoms with Crippen LogP contribution in [0.2, 0.25) is 5.02 Å². The van der Waals surface area contributed by atoms with Crippen LogP contribution in [0.5, 0.6) is 5.75 Å². The Bertz CT molecular complexity index is 1400. The van der Waals surface area contributed by atoms with Gasteiger partial charge in [-0.2, -0.15) is 4.68 Å². The fourth-order valence-electron chi connectivity index (χ4n) is 3.80. The minimum atomic E-state index is 0. The highest BCUT2D eigenvalue weighted by Gasteiger charge is 2.11. The smallest absolute Gasteiger partial charge is 0.214 e. The van der Waals surface area contributed by atoms with Crippen LogP contribution in [-0.2, 0) is 13.2 Å². The number of aromatic nitrogens is 4. The molecule has 184 valence electrons. The molecular formula is C27H25Cl2N5OS. The summed E-state index contributed by atoms with van der Waals surface area (Å²) < 4.78 is 8.00. The highest BCUT2D eigenvalue weighted by molar-refractivity contribution is 7.99. The summed E-state index contributed by atoms with van der Waals surface area (Å²) in [6.07, 6.45) is 0. The van der Waals surface area contributed by atoms with Gasteiger partial charge in [0, 0.05) is 29.4 Å². The van der Waals surface area contributed by atoms with Crippen molar-refractivity contribution in [1.82, 2.24) is 25.5 Å². The fraction of sp³-hybridized carbons (Fsp3) is 0.148. The molecule has 5 aromatic rings. The SMILES string of the molecule is Cl.Clc1ccc(COc2ccc3ccccc3c2CNCCSc2nnnn2-c2ccccc2)cc1. The third-order valence-corrected chi connectivity index (χ3v) is 6.73. The van der Waals surface area contributed by atoms with Crippen molar-refractivity contribution in [2.75, 3.05) is 12.3 Å². The zero-order chi connectivity index (χ0) is 23.9. The van der Waals surface area contributed by atoms with Crippen molar-refractivity contribution in [1.29, 1.82) is 0 Å². The highest BCUT2D eigenvalue weighted by Crippen LogP contribution is 2.29. The van der Waals surface area contributed by atoms with Gasteiger partial charge in [0.25, 0.3) is 0 Å². The lowest BCUT2D eigenvalue weighted by Crippen LogP contribution is -2.18.